The maximum atomic E-state index is 13.5. The highest BCUT2D eigenvalue weighted by molar-refractivity contribution is 7.85. The van der Waals surface area contributed by atoms with Gasteiger partial charge in [-0.3, -0.25) is 4.55 Å². The van der Waals surface area contributed by atoms with Crippen LogP contribution in [0.4, 0.5) is 0 Å². The van der Waals surface area contributed by atoms with Crippen LogP contribution in [0.2, 0.25) is 0 Å². The van der Waals surface area contributed by atoms with Crippen LogP contribution in [0.25, 0.3) is 0 Å². The number of hydrogen-bond acceptors (Lipinski definition) is 6. The Labute approximate surface area is 224 Å². The first kappa shape index (κ1) is 25.1. The van der Waals surface area contributed by atoms with E-state index in [9.17, 15) is 22.6 Å². The van der Waals surface area contributed by atoms with Gasteiger partial charge in [-0.2, -0.15) is 8.42 Å². The predicted octanol–water partition coefficient (Wildman–Crippen LogP) is 5.68. The summed E-state index contributed by atoms with van der Waals surface area (Å²) in [5.41, 5.74) is -1.23. The molecule has 8 aliphatic carbocycles. The minimum Gasteiger partial charge on any atom is -0.455 e. The monoisotopic (exact) mass is 542 g/mol. The topological polar surface area (TPSA) is 107 Å². The summed E-state index contributed by atoms with van der Waals surface area (Å²) in [5, 5.41) is 0. The zero-order valence-corrected chi connectivity index (χ0v) is 23.0. The second kappa shape index (κ2) is 8.29. The average molecular weight is 543 g/mol. The minimum absolute atomic E-state index is 0.0368. The number of hydrogen-bond donors (Lipinski definition) is 1. The van der Waals surface area contributed by atoms with E-state index < -0.39 is 38.2 Å². The summed E-state index contributed by atoms with van der Waals surface area (Å²) in [5.74, 6) is 2.64. The molecule has 1 aromatic carbocycles. The first-order valence-electron chi connectivity index (χ1n) is 14.5. The van der Waals surface area contributed by atoms with E-state index in [0.29, 0.717) is 41.4 Å². The van der Waals surface area contributed by atoms with Crippen LogP contribution in [0.1, 0.15) is 98.8 Å². The van der Waals surface area contributed by atoms with Crippen molar-refractivity contribution < 1.29 is 32.0 Å². The van der Waals surface area contributed by atoms with E-state index in [1.165, 1.54) is 31.7 Å². The van der Waals surface area contributed by atoms with Gasteiger partial charge < -0.3 is 9.47 Å². The van der Waals surface area contributed by atoms with E-state index in [2.05, 4.69) is 6.92 Å². The molecule has 7 nitrogen and oxygen atoms in total. The van der Waals surface area contributed by atoms with Gasteiger partial charge in [-0.1, -0.05) is 6.92 Å². The second-order valence-corrected chi connectivity index (χ2v) is 15.4. The lowest BCUT2D eigenvalue weighted by molar-refractivity contribution is -0.168. The number of benzene rings is 1. The van der Waals surface area contributed by atoms with Gasteiger partial charge >= 0.3 is 11.9 Å². The van der Waals surface area contributed by atoms with Crippen LogP contribution in [-0.2, 0) is 19.6 Å². The number of carbonyl (C=O) groups excluding carboxylic acids is 2. The van der Waals surface area contributed by atoms with Crippen molar-refractivity contribution in [3.8, 4) is 0 Å². The summed E-state index contributed by atoms with van der Waals surface area (Å²) >= 11 is 0. The van der Waals surface area contributed by atoms with Crippen LogP contribution in [0.5, 0.6) is 0 Å². The van der Waals surface area contributed by atoms with Crippen molar-refractivity contribution in [3.63, 3.8) is 0 Å². The SMILES string of the molecule is CC1C2CC3CC(C2)CC1(OC(=O)c1cc(C(=O)OC2(C)C4CC5CC(C4)CC2C5)cc(S(=O)(=O)O)c1)C3. The molecule has 0 spiro atoms. The van der Waals surface area contributed by atoms with Crippen LogP contribution in [0.15, 0.2) is 23.1 Å². The van der Waals surface area contributed by atoms with Gasteiger partial charge in [0.05, 0.1) is 16.0 Å². The van der Waals surface area contributed by atoms with E-state index in [1.54, 1.807) is 0 Å². The van der Waals surface area contributed by atoms with Crippen molar-refractivity contribution in [3.05, 3.63) is 29.3 Å². The van der Waals surface area contributed by atoms with Gasteiger partial charge in [-0.15, -0.1) is 0 Å². The normalized spacial score (nSPS) is 44.3. The molecule has 8 bridgehead atoms. The molecule has 38 heavy (non-hydrogen) atoms. The standard InChI is InChI=1S/C30H38O7S/c1-16-21-5-19-4-20(6-21)15-30(16,14-19)37-28(32)23-11-22(12-26(13-23)38(33,34)35)27(31)36-29(2)24-7-17-3-18(9-24)10-25(29)8-17/h11-13,16-21,24-25H,3-10,14-15H2,1-2H3,(H,33,34,35). The van der Waals surface area contributed by atoms with Gasteiger partial charge in [0.1, 0.15) is 11.2 Å². The highest BCUT2D eigenvalue weighted by Crippen LogP contribution is 2.61. The van der Waals surface area contributed by atoms with E-state index in [1.807, 2.05) is 6.92 Å². The largest absolute Gasteiger partial charge is 0.455 e. The van der Waals surface area contributed by atoms with Gasteiger partial charge in [0.25, 0.3) is 10.1 Å². The van der Waals surface area contributed by atoms with E-state index in [0.717, 1.165) is 50.7 Å². The van der Waals surface area contributed by atoms with E-state index in [4.69, 9.17) is 9.47 Å². The third-order valence-electron chi connectivity index (χ3n) is 11.8. The van der Waals surface area contributed by atoms with Crippen molar-refractivity contribution in [1.29, 1.82) is 0 Å². The molecule has 206 valence electrons. The molecule has 0 heterocycles. The lowest BCUT2D eigenvalue weighted by atomic mass is 9.50. The number of esters is 2. The molecule has 0 saturated heterocycles. The van der Waals surface area contributed by atoms with Gasteiger partial charge in [-0.05, 0) is 137 Å². The van der Waals surface area contributed by atoms with Crippen LogP contribution in [-0.4, -0.2) is 36.1 Å². The lowest BCUT2D eigenvalue weighted by Gasteiger charge is -2.59. The van der Waals surface area contributed by atoms with Crippen LogP contribution in [0, 0.1) is 47.3 Å². The van der Waals surface area contributed by atoms with Gasteiger partial charge in [0.15, 0.2) is 0 Å². The van der Waals surface area contributed by atoms with Crippen molar-refractivity contribution in [2.75, 3.05) is 0 Å². The molecule has 0 aromatic heterocycles. The van der Waals surface area contributed by atoms with Crippen molar-refractivity contribution in [2.24, 2.45) is 47.3 Å². The molecule has 0 amide bonds. The highest BCUT2D eigenvalue weighted by Gasteiger charge is 2.58. The fourth-order valence-corrected chi connectivity index (χ4v) is 10.7. The van der Waals surface area contributed by atoms with Crippen LogP contribution < -0.4 is 0 Å². The maximum absolute atomic E-state index is 13.5. The third kappa shape index (κ3) is 3.87. The Bertz CT molecular complexity index is 1260. The average Bonchev–Trinajstić information content (AvgIpc) is 2.84. The first-order chi connectivity index (χ1) is 17.9. The molecule has 8 heteroatoms. The Hall–Kier alpha value is -1.93. The summed E-state index contributed by atoms with van der Waals surface area (Å²) < 4.78 is 46.6. The minimum atomic E-state index is -4.66. The smallest absolute Gasteiger partial charge is 0.338 e. The fraction of sp³-hybridized carbons (Fsp3) is 0.733. The third-order valence-corrected chi connectivity index (χ3v) is 12.6. The summed E-state index contributed by atoms with van der Waals surface area (Å²) in [6.07, 6.45) is 10.8. The Kier molecular flexibility index (Phi) is 5.47. The molecular weight excluding hydrogens is 504 g/mol. The molecule has 8 aliphatic rings. The van der Waals surface area contributed by atoms with Gasteiger partial charge in [0.2, 0.25) is 0 Å². The van der Waals surface area contributed by atoms with Crippen LogP contribution >= 0.6 is 0 Å². The summed E-state index contributed by atoms with van der Waals surface area (Å²) in [7, 11) is -4.66. The summed E-state index contributed by atoms with van der Waals surface area (Å²) in [6.45, 7) is 4.19. The Balaban J connectivity index is 1.17. The number of carbonyl (C=O) groups is 2. The zero-order valence-electron chi connectivity index (χ0n) is 22.2. The molecule has 1 aromatic rings. The Morgan fingerprint density at radius 2 is 1.29 bits per heavy atom. The molecule has 9 rings (SSSR count). The Morgan fingerprint density at radius 1 is 0.789 bits per heavy atom. The first-order valence-corrected chi connectivity index (χ1v) is 15.9. The number of rotatable bonds is 5. The summed E-state index contributed by atoms with van der Waals surface area (Å²) in [6, 6.07) is 3.61. The maximum Gasteiger partial charge on any atom is 0.338 e. The van der Waals surface area contributed by atoms with Crippen molar-refractivity contribution in [2.45, 2.75) is 94.2 Å². The quantitative estimate of drug-likeness (QED) is 0.377. The molecule has 3 unspecified atom stereocenters. The van der Waals surface area contributed by atoms with E-state index >= 15 is 0 Å². The van der Waals surface area contributed by atoms with Crippen molar-refractivity contribution in [1.82, 2.24) is 0 Å². The van der Waals surface area contributed by atoms with E-state index in [-0.39, 0.29) is 17.0 Å². The van der Waals surface area contributed by atoms with Crippen LogP contribution in [0.3, 0.4) is 0 Å². The Morgan fingerprint density at radius 3 is 1.82 bits per heavy atom. The molecule has 0 aliphatic heterocycles. The lowest BCUT2D eigenvalue weighted by Crippen LogP contribution is -2.58. The van der Waals surface area contributed by atoms with Crippen molar-refractivity contribution >= 4 is 22.1 Å². The molecule has 1 N–H and O–H groups in total. The number of ether oxygens (including phenoxy) is 2. The zero-order chi connectivity index (χ0) is 26.6. The van der Waals surface area contributed by atoms with Gasteiger partial charge in [0, 0.05) is 0 Å². The molecular formula is C30H38O7S. The highest BCUT2D eigenvalue weighted by atomic mass is 32.2. The summed E-state index contributed by atoms with van der Waals surface area (Å²) in [4.78, 5) is 26.5. The predicted molar refractivity (Wildman–Crippen MR) is 138 cm³/mol. The van der Waals surface area contributed by atoms with Gasteiger partial charge in [-0.25, -0.2) is 9.59 Å². The fourth-order valence-electron chi connectivity index (χ4n) is 10.2. The second-order valence-electron chi connectivity index (χ2n) is 13.9. The molecule has 0 radical (unpaired) electrons. The molecule has 3 atom stereocenters. The molecule has 8 fully saturated rings. The molecule has 8 saturated carbocycles.